The molecule has 2 amide bonds. The van der Waals surface area contributed by atoms with Crippen molar-refractivity contribution in [2.45, 2.75) is 65.8 Å². The van der Waals surface area contributed by atoms with E-state index in [1.165, 1.54) is 0 Å². The molecule has 0 radical (unpaired) electrons. The fraction of sp³-hybridized carbons (Fsp3) is 0.550. The molecule has 8 heteroatoms. The minimum Gasteiger partial charge on any atom is -0.461 e. The molecule has 8 nitrogen and oxygen atoms in total. The Hall–Kier alpha value is -2.77. The maximum Gasteiger partial charge on any atom is 0.429 e. The van der Waals surface area contributed by atoms with Crippen LogP contribution in [0.15, 0.2) is 30.3 Å². The molecule has 0 aromatic heterocycles. The van der Waals surface area contributed by atoms with Gasteiger partial charge in [-0.3, -0.25) is 4.79 Å². The molecule has 28 heavy (non-hydrogen) atoms. The molecule has 0 aliphatic heterocycles. The van der Waals surface area contributed by atoms with Crippen LogP contribution in [0.25, 0.3) is 0 Å². The highest BCUT2D eigenvalue weighted by molar-refractivity contribution is 5.75. The number of hydrogen-bond acceptors (Lipinski definition) is 6. The van der Waals surface area contributed by atoms with Gasteiger partial charge in [0.2, 0.25) is 0 Å². The van der Waals surface area contributed by atoms with Crippen LogP contribution in [0.2, 0.25) is 0 Å². The number of carbonyl (C=O) groups excluding carboxylic acids is 3. The summed E-state index contributed by atoms with van der Waals surface area (Å²) in [5.74, 6) is -0.511. The largest absolute Gasteiger partial charge is 0.461 e. The number of benzene rings is 1. The molecule has 156 valence electrons. The van der Waals surface area contributed by atoms with Crippen molar-refractivity contribution >= 4 is 18.2 Å². The van der Waals surface area contributed by atoms with E-state index in [2.05, 4.69) is 5.43 Å². The van der Waals surface area contributed by atoms with Gasteiger partial charge in [0, 0.05) is 0 Å². The molecule has 0 saturated heterocycles. The number of nitrogens with zero attached hydrogens (tertiary/aromatic N) is 1. The SMILES string of the molecule is CC(C)(C)OC(=O)NN(CCC(=O)OCc1ccccc1)C(=O)OC(C)(C)C. The fourth-order valence-electron chi connectivity index (χ4n) is 1.93. The first kappa shape index (κ1) is 23.3. The molecule has 0 atom stereocenters. The van der Waals surface area contributed by atoms with Crippen molar-refractivity contribution in [2.24, 2.45) is 0 Å². The third kappa shape index (κ3) is 10.4. The Labute approximate surface area is 166 Å². The van der Waals surface area contributed by atoms with Crippen LogP contribution in [-0.4, -0.2) is 40.9 Å². The smallest absolute Gasteiger partial charge is 0.429 e. The average Bonchev–Trinajstić information content (AvgIpc) is 2.54. The molecular weight excluding hydrogens is 364 g/mol. The Morgan fingerprint density at radius 2 is 1.50 bits per heavy atom. The highest BCUT2D eigenvalue weighted by atomic mass is 16.6. The van der Waals surface area contributed by atoms with Crippen molar-refractivity contribution in [2.75, 3.05) is 6.54 Å². The molecule has 1 aromatic rings. The summed E-state index contributed by atoms with van der Waals surface area (Å²) in [4.78, 5) is 36.3. The van der Waals surface area contributed by atoms with Crippen LogP contribution in [0.3, 0.4) is 0 Å². The number of esters is 1. The monoisotopic (exact) mass is 394 g/mol. The van der Waals surface area contributed by atoms with Crippen LogP contribution in [-0.2, 0) is 25.6 Å². The minimum absolute atomic E-state index is 0.123. The molecule has 1 aromatic carbocycles. The van der Waals surface area contributed by atoms with Crippen molar-refractivity contribution in [3.05, 3.63) is 35.9 Å². The first-order chi connectivity index (χ1) is 12.9. The second-order valence-corrected chi connectivity index (χ2v) is 8.14. The molecule has 0 aliphatic rings. The molecule has 0 bridgehead atoms. The van der Waals surface area contributed by atoms with Crippen molar-refractivity contribution in [1.29, 1.82) is 0 Å². The van der Waals surface area contributed by atoms with Gasteiger partial charge in [-0.1, -0.05) is 30.3 Å². The van der Waals surface area contributed by atoms with E-state index in [9.17, 15) is 14.4 Å². The summed E-state index contributed by atoms with van der Waals surface area (Å²) in [5, 5.41) is 0.906. The van der Waals surface area contributed by atoms with Gasteiger partial charge in [-0.25, -0.2) is 20.0 Å². The van der Waals surface area contributed by atoms with Crippen LogP contribution in [0, 0.1) is 0 Å². The highest BCUT2D eigenvalue weighted by Crippen LogP contribution is 2.11. The van der Waals surface area contributed by atoms with Gasteiger partial charge in [-0.05, 0) is 47.1 Å². The first-order valence-corrected chi connectivity index (χ1v) is 9.05. The number of ether oxygens (including phenoxy) is 3. The summed E-state index contributed by atoms with van der Waals surface area (Å²) in [6.45, 7) is 10.2. The van der Waals surface area contributed by atoms with Gasteiger partial charge < -0.3 is 14.2 Å². The third-order valence-corrected chi connectivity index (χ3v) is 3.02. The molecule has 0 unspecified atom stereocenters. The van der Waals surface area contributed by atoms with Crippen LogP contribution in [0.5, 0.6) is 0 Å². The van der Waals surface area contributed by atoms with Gasteiger partial charge in [-0.2, -0.15) is 0 Å². The van der Waals surface area contributed by atoms with Gasteiger partial charge in [0.25, 0.3) is 0 Å². The lowest BCUT2D eigenvalue weighted by atomic mass is 10.2. The van der Waals surface area contributed by atoms with Gasteiger partial charge in [0.1, 0.15) is 17.8 Å². The van der Waals surface area contributed by atoms with E-state index in [1.807, 2.05) is 30.3 Å². The number of rotatable bonds is 5. The van der Waals surface area contributed by atoms with E-state index in [-0.39, 0.29) is 19.6 Å². The van der Waals surface area contributed by atoms with Crippen LogP contribution < -0.4 is 5.43 Å². The molecule has 1 N–H and O–H groups in total. The van der Waals surface area contributed by atoms with E-state index in [4.69, 9.17) is 14.2 Å². The van der Waals surface area contributed by atoms with E-state index in [1.54, 1.807) is 41.5 Å². The third-order valence-electron chi connectivity index (χ3n) is 3.02. The average molecular weight is 394 g/mol. The lowest BCUT2D eigenvalue weighted by molar-refractivity contribution is -0.145. The van der Waals surface area contributed by atoms with Gasteiger partial charge in [0.15, 0.2) is 0 Å². The molecule has 0 fully saturated rings. The molecule has 0 saturated carbocycles. The van der Waals surface area contributed by atoms with E-state index >= 15 is 0 Å². The molecule has 1 rings (SSSR count). The summed E-state index contributed by atoms with van der Waals surface area (Å²) in [5.41, 5.74) is 1.67. The predicted molar refractivity (Wildman–Crippen MR) is 103 cm³/mol. The fourth-order valence-corrected chi connectivity index (χ4v) is 1.93. The van der Waals surface area contributed by atoms with Crippen molar-refractivity contribution < 1.29 is 28.6 Å². The first-order valence-electron chi connectivity index (χ1n) is 9.05. The summed E-state index contributed by atoms with van der Waals surface area (Å²) < 4.78 is 15.6. The van der Waals surface area contributed by atoms with Crippen molar-refractivity contribution in [3.8, 4) is 0 Å². The number of amides is 2. The zero-order valence-corrected chi connectivity index (χ0v) is 17.4. The Morgan fingerprint density at radius 1 is 0.929 bits per heavy atom. The highest BCUT2D eigenvalue weighted by Gasteiger charge is 2.26. The van der Waals surface area contributed by atoms with Crippen LogP contribution >= 0.6 is 0 Å². The van der Waals surface area contributed by atoms with E-state index in [0.29, 0.717) is 0 Å². The molecular formula is C20H30N2O6. The number of nitrogens with one attached hydrogen (secondary N) is 1. The predicted octanol–water partition coefficient (Wildman–Crippen LogP) is 3.80. The van der Waals surface area contributed by atoms with Crippen molar-refractivity contribution in [3.63, 3.8) is 0 Å². The molecule has 0 aliphatic carbocycles. The molecule has 0 heterocycles. The summed E-state index contributed by atoms with van der Waals surface area (Å²) in [6.07, 6.45) is -1.74. The summed E-state index contributed by atoms with van der Waals surface area (Å²) in [6, 6.07) is 9.23. The minimum atomic E-state index is -0.823. The Morgan fingerprint density at radius 3 is 2.04 bits per heavy atom. The van der Waals surface area contributed by atoms with Crippen LogP contribution in [0.1, 0.15) is 53.5 Å². The van der Waals surface area contributed by atoms with Gasteiger partial charge >= 0.3 is 18.2 Å². The number of hydrazine groups is 1. The standard InChI is InChI=1S/C20H30N2O6/c1-19(2,3)27-17(24)21-22(18(25)28-20(4,5)6)13-12-16(23)26-14-15-10-8-7-9-11-15/h7-11H,12-14H2,1-6H3,(H,21,24). The Bertz CT molecular complexity index is 662. The quantitative estimate of drug-likeness (QED) is 0.464. The zero-order chi connectivity index (χ0) is 21.4. The van der Waals surface area contributed by atoms with Gasteiger partial charge in [0.05, 0.1) is 13.0 Å². The summed E-state index contributed by atoms with van der Waals surface area (Å²) in [7, 11) is 0. The Balaban J connectivity index is 2.63. The number of hydrogen-bond donors (Lipinski definition) is 1. The van der Waals surface area contributed by atoms with Crippen molar-refractivity contribution in [1.82, 2.24) is 10.4 Å². The van der Waals surface area contributed by atoms with Crippen LogP contribution in [0.4, 0.5) is 9.59 Å². The maximum absolute atomic E-state index is 12.3. The maximum atomic E-state index is 12.3. The summed E-state index contributed by atoms with van der Waals surface area (Å²) >= 11 is 0. The normalized spacial score (nSPS) is 11.4. The zero-order valence-electron chi connectivity index (χ0n) is 17.4. The van der Waals surface area contributed by atoms with E-state index < -0.39 is 29.4 Å². The Kier molecular flexibility index (Phi) is 8.28. The second-order valence-electron chi connectivity index (χ2n) is 8.14. The van der Waals surface area contributed by atoms with E-state index in [0.717, 1.165) is 10.6 Å². The molecule has 0 spiro atoms. The lowest BCUT2D eigenvalue weighted by Crippen LogP contribution is -2.50. The topological polar surface area (TPSA) is 94.2 Å². The second kappa shape index (κ2) is 9.96. The number of carbonyl (C=O) groups is 3. The lowest BCUT2D eigenvalue weighted by Gasteiger charge is -2.28. The van der Waals surface area contributed by atoms with Gasteiger partial charge in [-0.15, -0.1) is 0 Å².